The summed E-state index contributed by atoms with van der Waals surface area (Å²) in [6.07, 6.45) is 0. The van der Waals surface area contributed by atoms with Crippen molar-refractivity contribution in [3.8, 4) is 0 Å². The first-order valence-electron chi connectivity index (χ1n) is 8.81. The lowest BCUT2D eigenvalue weighted by Gasteiger charge is -2.32. The van der Waals surface area contributed by atoms with Gasteiger partial charge in [-0.25, -0.2) is 12.8 Å². The van der Waals surface area contributed by atoms with Gasteiger partial charge in [0.05, 0.1) is 16.6 Å². The number of amides is 1. The molecule has 0 saturated heterocycles. The van der Waals surface area contributed by atoms with Gasteiger partial charge in [0, 0.05) is 24.7 Å². The van der Waals surface area contributed by atoms with E-state index in [1.165, 1.54) is 41.3 Å². The summed E-state index contributed by atoms with van der Waals surface area (Å²) in [4.78, 5) is 14.2. The maximum absolute atomic E-state index is 14.9. The maximum atomic E-state index is 14.9. The van der Waals surface area contributed by atoms with Gasteiger partial charge in [0.2, 0.25) is 5.91 Å². The fourth-order valence-electron chi connectivity index (χ4n) is 3.07. The van der Waals surface area contributed by atoms with E-state index in [2.05, 4.69) is 0 Å². The first kappa shape index (κ1) is 22.4. The normalized spacial score (nSPS) is 13.2. The molecular weight excluding hydrogens is 401 g/mol. The number of hydrogen-bond donors (Lipinski definition) is 0. The van der Waals surface area contributed by atoms with Crippen LogP contribution in [0, 0.1) is 11.2 Å². The molecule has 2 aromatic carbocycles. The SMILES string of the molecule is CN(C)C(=O)C(c1ccc(CS(=O)(=O)c2ccc(Cl)cc2)cc1F)C(C)(C)C. The number of likely N-dealkylation sites (N-methyl/N-ethyl adjacent to an activating group) is 1. The molecule has 0 aliphatic heterocycles. The average molecular weight is 426 g/mol. The molecule has 2 rings (SSSR count). The molecule has 2 aromatic rings. The van der Waals surface area contributed by atoms with E-state index in [-0.39, 0.29) is 22.1 Å². The fraction of sp³-hybridized carbons (Fsp3) is 0.381. The summed E-state index contributed by atoms with van der Waals surface area (Å²) in [6.45, 7) is 5.62. The van der Waals surface area contributed by atoms with Gasteiger partial charge in [0.25, 0.3) is 0 Å². The van der Waals surface area contributed by atoms with Crippen molar-refractivity contribution < 1.29 is 17.6 Å². The molecule has 152 valence electrons. The highest BCUT2D eigenvalue weighted by Gasteiger charge is 2.35. The number of hydrogen-bond acceptors (Lipinski definition) is 3. The molecule has 1 atom stereocenters. The lowest BCUT2D eigenvalue weighted by atomic mass is 9.75. The molecule has 0 aliphatic carbocycles. The predicted molar refractivity (Wildman–Crippen MR) is 110 cm³/mol. The van der Waals surface area contributed by atoms with E-state index < -0.39 is 27.0 Å². The van der Waals surface area contributed by atoms with E-state index in [9.17, 15) is 17.6 Å². The molecule has 1 amide bonds. The van der Waals surface area contributed by atoms with E-state index >= 15 is 0 Å². The van der Waals surface area contributed by atoms with Crippen LogP contribution < -0.4 is 0 Å². The van der Waals surface area contributed by atoms with Crippen molar-refractivity contribution in [1.29, 1.82) is 0 Å². The van der Waals surface area contributed by atoms with Gasteiger partial charge in [0.1, 0.15) is 5.82 Å². The Kier molecular flexibility index (Phi) is 6.56. The highest BCUT2D eigenvalue weighted by molar-refractivity contribution is 7.90. The third kappa shape index (κ3) is 5.11. The van der Waals surface area contributed by atoms with Crippen LogP contribution in [0.15, 0.2) is 47.4 Å². The van der Waals surface area contributed by atoms with Crippen LogP contribution in [0.2, 0.25) is 5.02 Å². The first-order valence-corrected chi connectivity index (χ1v) is 10.8. The van der Waals surface area contributed by atoms with Gasteiger partial charge in [-0.3, -0.25) is 4.79 Å². The first-order chi connectivity index (χ1) is 12.8. The summed E-state index contributed by atoms with van der Waals surface area (Å²) in [6, 6.07) is 10.1. The van der Waals surface area contributed by atoms with Crippen LogP contribution in [0.4, 0.5) is 4.39 Å². The van der Waals surface area contributed by atoms with Crippen LogP contribution in [-0.4, -0.2) is 33.3 Å². The Morgan fingerprint density at radius 3 is 2.14 bits per heavy atom. The maximum Gasteiger partial charge on any atom is 0.230 e. The minimum absolute atomic E-state index is 0.122. The summed E-state index contributed by atoms with van der Waals surface area (Å²) in [5, 5.41) is 0.438. The molecule has 0 heterocycles. The summed E-state index contributed by atoms with van der Waals surface area (Å²) < 4.78 is 40.0. The topological polar surface area (TPSA) is 54.5 Å². The third-order valence-electron chi connectivity index (χ3n) is 4.46. The monoisotopic (exact) mass is 425 g/mol. The van der Waals surface area contributed by atoms with Crippen LogP contribution in [0.1, 0.15) is 37.8 Å². The van der Waals surface area contributed by atoms with Crippen molar-refractivity contribution in [3.05, 3.63) is 64.4 Å². The zero-order valence-electron chi connectivity index (χ0n) is 16.7. The van der Waals surface area contributed by atoms with E-state index in [1.54, 1.807) is 20.2 Å². The number of sulfone groups is 1. The molecule has 0 N–H and O–H groups in total. The summed E-state index contributed by atoms with van der Waals surface area (Å²) >= 11 is 5.80. The predicted octanol–water partition coefficient (Wildman–Crippen LogP) is 4.67. The van der Waals surface area contributed by atoms with E-state index in [0.717, 1.165) is 0 Å². The Morgan fingerprint density at radius 1 is 1.11 bits per heavy atom. The van der Waals surface area contributed by atoms with Crippen molar-refractivity contribution in [3.63, 3.8) is 0 Å². The molecule has 0 aliphatic rings. The molecule has 0 spiro atoms. The van der Waals surface area contributed by atoms with Gasteiger partial charge in [-0.05, 0) is 41.3 Å². The molecule has 1 unspecified atom stereocenters. The Bertz CT molecular complexity index is 964. The van der Waals surface area contributed by atoms with Crippen LogP contribution in [0.25, 0.3) is 0 Å². The molecule has 7 heteroatoms. The Labute approximate surface area is 171 Å². The quantitative estimate of drug-likeness (QED) is 0.699. The van der Waals surface area contributed by atoms with Gasteiger partial charge < -0.3 is 4.90 Å². The lowest BCUT2D eigenvalue weighted by Crippen LogP contribution is -2.36. The zero-order chi connectivity index (χ0) is 21.3. The highest BCUT2D eigenvalue weighted by atomic mass is 35.5. The largest absolute Gasteiger partial charge is 0.348 e. The molecular formula is C21H25ClFNO3S. The minimum Gasteiger partial charge on any atom is -0.348 e. The van der Waals surface area contributed by atoms with Crippen molar-refractivity contribution in [2.24, 2.45) is 5.41 Å². The summed E-state index contributed by atoms with van der Waals surface area (Å²) in [5.41, 5.74) is 0.0824. The average Bonchev–Trinajstić information content (AvgIpc) is 2.55. The molecule has 0 bridgehead atoms. The number of carbonyl (C=O) groups excluding carboxylic acids is 1. The van der Waals surface area contributed by atoms with Gasteiger partial charge in [-0.15, -0.1) is 0 Å². The van der Waals surface area contributed by atoms with E-state index in [0.29, 0.717) is 10.6 Å². The Morgan fingerprint density at radius 2 is 1.68 bits per heavy atom. The number of carbonyl (C=O) groups is 1. The summed E-state index contributed by atoms with van der Waals surface area (Å²) in [7, 11) is -0.377. The van der Waals surface area contributed by atoms with Gasteiger partial charge in [-0.2, -0.15) is 0 Å². The zero-order valence-corrected chi connectivity index (χ0v) is 18.2. The van der Waals surface area contributed by atoms with Gasteiger partial charge in [0.15, 0.2) is 9.84 Å². The second-order valence-electron chi connectivity index (χ2n) is 8.10. The molecule has 0 radical (unpaired) electrons. The van der Waals surface area contributed by atoms with Crippen LogP contribution in [0.5, 0.6) is 0 Å². The summed E-state index contributed by atoms with van der Waals surface area (Å²) in [5.74, 6) is -1.80. The van der Waals surface area contributed by atoms with Crippen LogP contribution >= 0.6 is 11.6 Å². The minimum atomic E-state index is -3.64. The van der Waals surface area contributed by atoms with Crippen LogP contribution in [-0.2, 0) is 20.4 Å². The van der Waals surface area contributed by atoms with Crippen molar-refractivity contribution in [2.75, 3.05) is 14.1 Å². The second-order valence-corrected chi connectivity index (χ2v) is 10.5. The lowest BCUT2D eigenvalue weighted by molar-refractivity contribution is -0.132. The number of rotatable bonds is 5. The molecule has 0 saturated carbocycles. The third-order valence-corrected chi connectivity index (χ3v) is 6.41. The molecule has 28 heavy (non-hydrogen) atoms. The molecule has 0 fully saturated rings. The van der Waals surface area contributed by atoms with Gasteiger partial charge >= 0.3 is 0 Å². The Balaban J connectivity index is 2.38. The number of benzene rings is 2. The Hall–Kier alpha value is -1.92. The van der Waals surface area contributed by atoms with Crippen molar-refractivity contribution in [1.82, 2.24) is 4.90 Å². The van der Waals surface area contributed by atoms with Crippen LogP contribution in [0.3, 0.4) is 0 Å². The smallest absolute Gasteiger partial charge is 0.230 e. The van der Waals surface area contributed by atoms with E-state index in [1.807, 2.05) is 20.8 Å². The number of nitrogens with zero attached hydrogens (tertiary/aromatic N) is 1. The van der Waals surface area contributed by atoms with Crippen molar-refractivity contribution >= 4 is 27.3 Å². The second kappa shape index (κ2) is 8.21. The molecule has 4 nitrogen and oxygen atoms in total. The number of halogens is 2. The van der Waals surface area contributed by atoms with Gasteiger partial charge in [-0.1, -0.05) is 44.5 Å². The van der Waals surface area contributed by atoms with Crippen molar-refractivity contribution in [2.45, 2.75) is 37.3 Å². The fourth-order valence-corrected chi connectivity index (χ4v) is 4.53. The molecule has 0 aromatic heterocycles. The van der Waals surface area contributed by atoms with E-state index in [4.69, 9.17) is 11.6 Å². The standard InChI is InChI=1S/C21H25ClFNO3S/c1-21(2,3)19(20(25)24(4)5)17-11-6-14(12-18(17)23)13-28(26,27)16-9-7-15(22)8-10-16/h6-12,19H,13H2,1-5H3. The highest BCUT2D eigenvalue weighted by Crippen LogP contribution is 2.38.